The zero-order chi connectivity index (χ0) is 21.6. The second kappa shape index (κ2) is 10.0. The number of nitrogens with one attached hydrogen (secondary N) is 1. The fourth-order valence-corrected chi connectivity index (χ4v) is 5.20. The molecule has 0 spiro atoms. The first kappa shape index (κ1) is 21.5. The molecule has 0 saturated carbocycles. The summed E-state index contributed by atoms with van der Waals surface area (Å²) in [4.78, 5) is 33.6. The molecule has 1 aliphatic heterocycles. The van der Waals surface area contributed by atoms with Crippen molar-refractivity contribution < 1.29 is 9.59 Å². The number of aryl methyl sites for hydroxylation is 1. The van der Waals surface area contributed by atoms with Gasteiger partial charge in [0.15, 0.2) is 0 Å². The number of aromatic nitrogens is 1. The molecule has 5 nitrogen and oxygen atoms in total. The van der Waals surface area contributed by atoms with Gasteiger partial charge in [-0.3, -0.25) is 9.59 Å². The zero-order valence-electron chi connectivity index (χ0n) is 17.4. The van der Waals surface area contributed by atoms with Gasteiger partial charge in [-0.2, -0.15) is 0 Å². The Kier molecular flexibility index (Phi) is 6.94. The SMILES string of the molecule is Cc1nc(-c2ccc(CNC(=O)C3CCN(C(=O)/C=C/c4ccccc4)CC3)s2)cs1. The Labute approximate surface area is 190 Å². The van der Waals surface area contributed by atoms with Gasteiger partial charge in [-0.05, 0) is 43.5 Å². The van der Waals surface area contributed by atoms with E-state index >= 15 is 0 Å². The third-order valence-electron chi connectivity index (χ3n) is 5.37. The number of nitrogens with zero attached hydrogens (tertiary/aromatic N) is 2. The number of thiophene rings is 1. The van der Waals surface area contributed by atoms with Gasteiger partial charge in [0.25, 0.3) is 0 Å². The van der Waals surface area contributed by atoms with E-state index in [9.17, 15) is 9.59 Å². The minimum absolute atomic E-state index is 0.00565. The fraction of sp³-hybridized carbons (Fsp3) is 0.292. The van der Waals surface area contributed by atoms with Gasteiger partial charge < -0.3 is 10.2 Å². The first-order valence-electron chi connectivity index (χ1n) is 10.4. The van der Waals surface area contributed by atoms with Gasteiger partial charge in [-0.1, -0.05) is 30.3 Å². The minimum atomic E-state index is -0.0391. The summed E-state index contributed by atoms with van der Waals surface area (Å²) in [7, 11) is 0. The van der Waals surface area contributed by atoms with Crippen molar-refractivity contribution in [2.45, 2.75) is 26.3 Å². The molecule has 31 heavy (non-hydrogen) atoms. The van der Waals surface area contributed by atoms with Crippen LogP contribution < -0.4 is 5.32 Å². The molecular formula is C24H25N3O2S2. The van der Waals surface area contributed by atoms with Gasteiger partial charge in [0.2, 0.25) is 11.8 Å². The molecule has 0 aliphatic carbocycles. The Bertz CT molecular complexity index is 1060. The lowest BCUT2D eigenvalue weighted by atomic mass is 9.96. The van der Waals surface area contributed by atoms with Crippen molar-refractivity contribution in [2.75, 3.05) is 13.1 Å². The molecule has 0 atom stereocenters. The summed E-state index contributed by atoms with van der Waals surface area (Å²) in [6, 6.07) is 13.9. The Hall–Kier alpha value is -2.77. The highest BCUT2D eigenvalue weighted by Gasteiger charge is 2.26. The summed E-state index contributed by atoms with van der Waals surface area (Å²) < 4.78 is 0. The Balaban J connectivity index is 1.23. The monoisotopic (exact) mass is 451 g/mol. The third-order valence-corrected chi connectivity index (χ3v) is 7.25. The Morgan fingerprint density at radius 1 is 1.16 bits per heavy atom. The number of thiazole rings is 1. The van der Waals surface area contributed by atoms with Gasteiger partial charge in [0.1, 0.15) is 0 Å². The standard InChI is InChI=1S/C24H25N3O2S2/c1-17-26-21(16-30-17)22-9-8-20(31-22)15-25-24(29)19-11-13-27(14-12-19)23(28)10-7-18-5-3-2-4-6-18/h2-10,16,19H,11-15H2,1H3,(H,25,29)/b10-7+. The normalized spacial score (nSPS) is 14.8. The maximum Gasteiger partial charge on any atom is 0.246 e. The lowest BCUT2D eigenvalue weighted by molar-refractivity contribution is -0.132. The second-order valence-electron chi connectivity index (χ2n) is 7.58. The molecule has 0 unspecified atom stereocenters. The molecule has 3 heterocycles. The molecule has 160 valence electrons. The molecule has 1 N–H and O–H groups in total. The maximum absolute atomic E-state index is 12.6. The summed E-state index contributed by atoms with van der Waals surface area (Å²) >= 11 is 3.31. The molecule has 0 bridgehead atoms. The van der Waals surface area contributed by atoms with Crippen LogP contribution in [0.1, 0.15) is 28.3 Å². The van der Waals surface area contributed by atoms with E-state index in [0.29, 0.717) is 32.5 Å². The number of hydrogen-bond acceptors (Lipinski definition) is 5. The highest BCUT2D eigenvalue weighted by molar-refractivity contribution is 7.16. The van der Waals surface area contributed by atoms with E-state index in [-0.39, 0.29) is 17.7 Å². The molecule has 2 aromatic heterocycles. The maximum atomic E-state index is 12.6. The minimum Gasteiger partial charge on any atom is -0.351 e. The van der Waals surface area contributed by atoms with Crippen LogP contribution in [-0.4, -0.2) is 34.8 Å². The molecule has 1 saturated heterocycles. The number of amides is 2. The summed E-state index contributed by atoms with van der Waals surface area (Å²) in [5, 5.41) is 6.18. The van der Waals surface area contributed by atoms with E-state index < -0.39 is 0 Å². The van der Waals surface area contributed by atoms with Crippen LogP contribution in [0.5, 0.6) is 0 Å². The van der Waals surface area contributed by atoms with Crippen molar-refractivity contribution in [1.29, 1.82) is 0 Å². The van der Waals surface area contributed by atoms with Crippen LogP contribution in [0.15, 0.2) is 53.9 Å². The predicted octanol–water partition coefficient (Wildman–Crippen LogP) is 4.75. The van der Waals surface area contributed by atoms with Crippen LogP contribution >= 0.6 is 22.7 Å². The number of carbonyl (C=O) groups is 2. The summed E-state index contributed by atoms with van der Waals surface area (Å²) in [5.74, 6) is 0.0419. The molecule has 7 heteroatoms. The van der Waals surface area contributed by atoms with Crippen molar-refractivity contribution in [3.63, 3.8) is 0 Å². The van der Waals surface area contributed by atoms with Crippen LogP contribution in [0.3, 0.4) is 0 Å². The van der Waals surface area contributed by atoms with Crippen molar-refractivity contribution in [3.8, 4) is 10.6 Å². The predicted molar refractivity (Wildman–Crippen MR) is 127 cm³/mol. The van der Waals surface area contributed by atoms with E-state index in [4.69, 9.17) is 0 Å². The molecule has 1 aromatic carbocycles. The molecule has 3 aromatic rings. The molecule has 1 fully saturated rings. The highest BCUT2D eigenvalue weighted by Crippen LogP contribution is 2.29. The quantitative estimate of drug-likeness (QED) is 0.550. The van der Waals surface area contributed by atoms with E-state index in [2.05, 4.69) is 27.8 Å². The summed E-state index contributed by atoms with van der Waals surface area (Å²) in [6.07, 6.45) is 4.85. The average molecular weight is 452 g/mol. The number of benzene rings is 1. The number of likely N-dealkylation sites (tertiary alicyclic amines) is 1. The zero-order valence-corrected chi connectivity index (χ0v) is 19.0. The van der Waals surface area contributed by atoms with Crippen LogP contribution in [0.4, 0.5) is 0 Å². The lowest BCUT2D eigenvalue weighted by Crippen LogP contribution is -2.42. The average Bonchev–Trinajstić information content (AvgIpc) is 3.45. The topological polar surface area (TPSA) is 62.3 Å². The second-order valence-corrected chi connectivity index (χ2v) is 9.81. The van der Waals surface area contributed by atoms with Crippen LogP contribution in [-0.2, 0) is 16.1 Å². The first-order valence-corrected chi connectivity index (χ1v) is 12.1. The van der Waals surface area contributed by atoms with Crippen LogP contribution in [0, 0.1) is 12.8 Å². The Morgan fingerprint density at radius 2 is 1.94 bits per heavy atom. The molecule has 1 aliphatic rings. The van der Waals surface area contributed by atoms with Gasteiger partial charge in [-0.15, -0.1) is 22.7 Å². The summed E-state index contributed by atoms with van der Waals surface area (Å²) in [5.41, 5.74) is 2.01. The number of rotatable bonds is 6. The lowest BCUT2D eigenvalue weighted by Gasteiger charge is -2.30. The van der Waals surface area contributed by atoms with Gasteiger partial charge in [0, 0.05) is 35.3 Å². The van der Waals surface area contributed by atoms with Crippen molar-refractivity contribution in [3.05, 3.63) is 69.4 Å². The molecule has 4 rings (SSSR count). The number of hydrogen-bond donors (Lipinski definition) is 1. The number of piperidine rings is 1. The van der Waals surface area contributed by atoms with Gasteiger partial charge >= 0.3 is 0 Å². The van der Waals surface area contributed by atoms with Crippen LogP contribution in [0.2, 0.25) is 0 Å². The van der Waals surface area contributed by atoms with Crippen molar-refractivity contribution >= 4 is 40.6 Å². The van der Waals surface area contributed by atoms with Crippen molar-refractivity contribution in [2.24, 2.45) is 5.92 Å². The molecular weight excluding hydrogens is 426 g/mol. The first-order chi connectivity index (χ1) is 15.1. The smallest absolute Gasteiger partial charge is 0.246 e. The molecule has 2 amide bonds. The van der Waals surface area contributed by atoms with Gasteiger partial charge in [-0.25, -0.2) is 4.98 Å². The summed E-state index contributed by atoms with van der Waals surface area (Å²) in [6.45, 7) is 3.76. The van der Waals surface area contributed by atoms with E-state index in [1.165, 1.54) is 0 Å². The van der Waals surface area contributed by atoms with Gasteiger partial charge in [0.05, 0.1) is 22.1 Å². The Morgan fingerprint density at radius 3 is 2.65 bits per heavy atom. The number of carbonyl (C=O) groups excluding carboxylic acids is 2. The van der Waals surface area contributed by atoms with Crippen molar-refractivity contribution in [1.82, 2.24) is 15.2 Å². The van der Waals surface area contributed by atoms with E-state index in [1.807, 2.05) is 48.2 Å². The fourth-order valence-electron chi connectivity index (χ4n) is 3.60. The third kappa shape index (κ3) is 5.68. The largest absolute Gasteiger partial charge is 0.351 e. The van der Waals surface area contributed by atoms with E-state index in [1.54, 1.807) is 28.7 Å². The van der Waals surface area contributed by atoms with Crippen LogP contribution in [0.25, 0.3) is 16.6 Å². The molecule has 0 radical (unpaired) electrons. The highest BCUT2D eigenvalue weighted by atomic mass is 32.1. The van der Waals surface area contributed by atoms with E-state index in [0.717, 1.165) is 26.0 Å².